The number of hydrogen-bond donors (Lipinski definition) is 2. The predicted molar refractivity (Wildman–Crippen MR) is 128 cm³/mol. The Morgan fingerprint density at radius 3 is 2.67 bits per heavy atom. The molecule has 0 radical (unpaired) electrons. The van der Waals surface area contributed by atoms with Crippen molar-refractivity contribution in [2.24, 2.45) is 0 Å². The number of nitrogens with zero attached hydrogens (tertiary/aromatic N) is 4. The van der Waals surface area contributed by atoms with Crippen molar-refractivity contribution in [1.82, 2.24) is 30.4 Å². The summed E-state index contributed by atoms with van der Waals surface area (Å²) < 4.78 is 2.07. The Labute approximate surface area is 198 Å². The molecule has 1 aliphatic carbocycles. The van der Waals surface area contributed by atoms with Gasteiger partial charge in [-0.25, -0.2) is 9.97 Å². The highest BCUT2D eigenvalue weighted by molar-refractivity contribution is 6.33. The molecule has 2 bridgehead atoms. The normalized spacial score (nSPS) is 28.3. The molecule has 1 amide bonds. The van der Waals surface area contributed by atoms with Crippen LogP contribution in [0.4, 0.5) is 0 Å². The van der Waals surface area contributed by atoms with Crippen LogP contribution in [0.15, 0.2) is 18.3 Å². The summed E-state index contributed by atoms with van der Waals surface area (Å²) in [5.41, 5.74) is 5.70. The summed E-state index contributed by atoms with van der Waals surface area (Å²) in [6, 6.07) is 5.32. The lowest BCUT2D eigenvalue weighted by Gasteiger charge is -2.31. The number of amides is 1. The Morgan fingerprint density at radius 2 is 1.94 bits per heavy atom. The second-order valence-electron chi connectivity index (χ2n) is 9.91. The highest BCUT2D eigenvalue weighted by Crippen LogP contribution is 2.55. The largest absolute Gasteiger partial charge is 0.355 e. The summed E-state index contributed by atoms with van der Waals surface area (Å²) in [4.78, 5) is 21.7. The number of benzene rings is 1. The first-order valence-electron chi connectivity index (χ1n) is 11.9. The minimum absolute atomic E-state index is 0.0575. The van der Waals surface area contributed by atoms with E-state index < -0.39 is 0 Å². The molecule has 33 heavy (non-hydrogen) atoms. The fraction of sp³-hybridized carbons (Fsp3) is 0.520. The molecule has 6 rings (SSSR count). The monoisotopic (exact) mass is 464 g/mol. The van der Waals surface area contributed by atoms with E-state index in [0.717, 1.165) is 63.5 Å². The van der Waals surface area contributed by atoms with Crippen molar-refractivity contribution in [2.45, 2.75) is 75.9 Å². The molecule has 1 saturated carbocycles. The minimum atomic E-state index is -0.0575. The van der Waals surface area contributed by atoms with Crippen LogP contribution >= 0.6 is 11.6 Å². The van der Waals surface area contributed by atoms with Crippen molar-refractivity contribution >= 4 is 28.5 Å². The van der Waals surface area contributed by atoms with Crippen LogP contribution in [0, 0.1) is 13.8 Å². The highest BCUT2D eigenvalue weighted by Gasteiger charge is 2.44. The number of piperidine rings is 1. The van der Waals surface area contributed by atoms with Crippen LogP contribution in [0.3, 0.4) is 0 Å². The van der Waals surface area contributed by atoms with Gasteiger partial charge in [-0.05, 0) is 69.1 Å². The smallest absolute Gasteiger partial charge is 0.251 e. The molecule has 3 aliphatic rings. The van der Waals surface area contributed by atoms with Gasteiger partial charge in [0.1, 0.15) is 16.9 Å². The van der Waals surface area contributed by atoms with Gasteiger partial charge >= 0.3 is 0 Å². The third-order valence-corrected chi connectivity index (χ3v) is 8.19. The molecule has 3 unspecified atom stereocenters. The molecule has 0 spiro atoms. The Kier molecular flexibility index (Phi) is 4.96. The van der Waals surface area contributed by atoms with Gasteiger partial charge < -0.3 is 10.6 Å². The number of halogens is 1. The van der Waals surface area contributed by atoms with Gasteiger partial charge in [0.15, 0.2) is 0 Å². The molecule has 2 N–H and O–H groups in total. The maximum absolute atomic E-state index is 12.8. The lowest BCUT2D eigenvalue weighted by molar-refractivity contribution is 0.0961. The van der Waals surface area contributed by atoms with Gasteiger partial charge in [0.25, 0.3) is 5.91 Å². The predicted octanol–water partition coefficient (Wildman–Crippen LogP) is 4.18. The fourth-order valence-electron chi connectivity index (χ4n) is 6.12. The molecule has 8 heteroatoms. The van der Waals surface area contributed by atoms with Crippen LogP contribution in [0.2, 0.25) is 5.02 Å². The summed E-state index contributed by atoms with van der Waals surface area (Å²) in [5.74, 6) is 1.28. The van der Waals surface area contributed by atoms with Crippen molar-refractivity contribution in [3.05, 3.63) is 51.6 Å². The molecular formula is C25H29ClN6O. The van der Waals surface area contributed by atoms with E-state index in [1.807, 2.05) is 26.1 Å². The van der Waals surface area contributed by atoms with Crippen molar-refractivity contribution < 1.29 is 4.79 Å². The SMILES string of the molecule is CNC(=O)c1ccc(C2CC2n2nc(C)c3nc(C)ncc32)c(Cl)c1C1C[C@H]2CC[C@@H](C1)N2. The second kappa shape index (κ2) is 7.77. The Hall–Kier alpha value is -2.51. The van der Waals surface area contributed by atoms with Gasteiger partial charge in [-0.15, -0.1) is 0 Å². The lowest BCUT2D eigenvalue weighted by atomic mass is 9.82. The molecule has 3 aromatic rings. The molecule has 172 valence electrons. The van der Waals surface area contributed by atoms with Crippen LogP contribution in [0.1, 0.15) is 83.0 Å². The first kappa shape index (κ1) is 21.1. The second-order valence-corrected chi connectivity index (χ2v) is 10.3. The van der Waals surface area contributed by atoms with E-state index in [4.69, 9.17) is 16.7 Å². The van der Waals surface area contributed by atoms with Crippen molar-refractivity contribution in [3.8, 4) is 0 Å². The van der Waals surface area contributed by atoms with E-state index in [0.29, 0.717) is 18.0 Å². The summed E-state index contributed by atoms with van der Waals surface area (Å²) in [5, 5.41) is 12.1. The topological polar surface area (TPSA) is 84.7 Å². The first-order valence-corrected chi connectivity index (χ1v) is 12.3. The molecule has 2 saturated heterocycles. The zero-order chi connectivity index (χ0) is 22.9. The Morgan fingerprint density at radius 1 is 1.18 bits per heavy atom. The van der Waals surface area contributed by atoms with Gasteiger partial charge in [0.2, 0.25) is 0 Å². The van der Waals surface area contributed by atoms with E-state index in [1.165, 1.54) is 12.8 Å². The maximum atomic E-state index is 12.8. The van der Waals surface area contributed by atoms with Gasteiger partial charge in [-0.3, -0.25) is 9.48 Å². The Balaban J connectivity index is 1.38. The van der Waals surface area contributed by atoms with E-state index in [1.54, 1.807) is 7.05 Å². The summed E-state index contributed by atoms with van der Waals surface area (Å²) >= 11 is 7.14. The van der Waals surface area contributed by atoms with Crippen LogP contribution in [0.5, 0.6) is 0 Å². The number of carbonyl (C=O) groups excluding carboxylic acids is 1. The van der Waals surface area contributed by atoms with E-state index in [-0.39, 0.29) is 17.9 Å². The zero-order valence-electron chi connectivity index (χ0n) is 19.2. The van der Waals surface area contributed by atoms with Crippen LogP contribution < -0.4 is 10.6 Å². The number of hydrogen-bond acceptors (Lipinski definition) is 5. The van der Waals surface area contributed by atoms with E-state index >= 15 is 0 Å². The van der Waals surface area contributed by atoms with E-state index in [2.05, 4.69) is 31.3 Å². The van der Waals surface area contributed by atoms with Crippen molar-refractivity contribution in [3.63, 3.8) is 0 Å². The van der Waals surface area contributed by atoms with Crippen LogP contribution in [0.25, 0.3) is 11.0 Å². The Bertz CT molecular complexity index is 1260. The number of aromatic nitrogens is 4. The van der Waals surface area contributed by atoms with E-state index in [9.17, 15) is 4.79 Å². The molecule has 4 heterocycles. The van der Waals surface area contributed by atoms with Crippen molar-refractivity contribution in [2.75, 3.05) is 7.05 Å². The molecule has 2 aromatic heterocycles. The molecule has 1 aromatic carbocycles. The summed E-state index contributed by atoms with van der Waals surface area (Å²) in [6.45, 7) is 3.90. The molecule has 3 fully saturated rings. The maximum Gasteiger partial charge on any atom is 0.251 e. The van der Waals surface area contributed by atoms with Crippen molar-refractivity contribution in [1.29, 1.82) is 0 Å². The third kappa shape index (κ3) is 3.44. The van der Waals surface area contributed by atoms with Gasteiger partial charge in [0.05, 0.1) is 17.9 Å². The molecule has 7 nitrogen and oxygen atoms in total. The zero-order valence-corrected chi connectivity index (χ0v) is 20.0. The van der Waals surface area contributed by atoms with Gasteiger partial charge in [0, 0.05) is 35.6 Å². The molecule has 2 aliphatic heterocycles. The standard InChI is InChI=1S/C25H29ClN6O/c1-12-24-21(11-28-13(2)29-24)32(31-12)20-10-19(20)17-6-7-18(25(33)27-3)22(23(17)26)14-8-15-4-5-16(9-14)30-15/h6-7,11,14-16,19-20,30H,4-5,8-10H2,1-3H3,(H,27,33)/t14?,15-,16+,19?,20?. The number of aryl methyl sites for hydroxylation is 2. The average molecular weight is 465 g/mol. The highest BCUT2D eigenvalue weighted by atomic mass is 35.5. The average Bonchev–Trinajstić information content (AvgIpc) is 3.43. The molecular weight excluding hydrogens is 436 g/mol. The summed E-state index contributed by atoms with van der Waals surface area (Å²) in [6.07, 6.45) is 7.35. The number of fused-ring (bicyclic) bond motifs is 3. The quantitative estimate of drug-likeness (QED) is 0.605. The van der Waals surface area contributed by atoms with Crippen LogP contribution in [-0.2, 0) is 0 Å². The number of rotatable bonds is 4. The fourth-order valence-corrected chi connectivity index (χ4v) is 6.58. The van der Waals surface area contributed by atoms with Gasteiger partial charge in [-0.2, -0.15) is 5.10 Å². The third-order valence-electron chi connectivity index (χ3n) is 7.77. The minimum Gasteiger partial charge on any atom is -0.355 e. The van der Waals surface area contributed by atoms with Crippen LogP contribution in [-0.4, -0.2) is 44.8 Å². The lowest BCUT2D eigenvalue weighted by Crippen LogP contribution is -2.38. The van der Waals surface area contributed by atoms with Gasteiger partial charge in [-0.1, -0.05) is 17.7 Å². The number of carbonyl (C=O) groups is 1. The molecule has 5 atom stereocenters. The number of nitrogens with one attached hydrogen (secondary N) is 2. The first-order chi connectivity index (χ1) is 15.9. The summed E-state index contributed by atoms with van der Waals surface area (Å²) in [7, 11) is 1.69.